The second-order valence-electron chi connectivity index (χ2n) is 9.58. The molecular formula is C28H37N3O4. The van der Waals surface area contributed by atoms with Crippen molar-refractivity contribution >= 4 is 11.8 Å². The van der Waals surface area contributed by atoms with Gasteiger partial charge in [0.25, 0.3) is 11.8 Å². The zero-order chi connectivity index (χ0) is 24.6. The van der Waals surface area contributed by atoms with Gasteiger partial charge in [0.15, 0.2) is 6.61 Å². The van der Waals surface area contributed by atoms with Crippen LogP contribution in [0.2, 0.25) is 0 Å². The zero-order valence-electron chi connectivity index (χ0n) is 20.9. The third kappa shape index (κ3) is 6.83. The fraction of sp³-hybridized carbons (Fsp3) is 0.500. The summed E-state index contributed by atoms with van der Waals surface area (Å²) in [6.07, 6.45) is 3.24. The van der Waals surface area contributed by atoms with Gasteiger partial charge in [-0.2, -0.15) is 0 Å². The predicted molar refractivity (Wildman–Crippen MR) is 135 cm³/mol. The predicted octanol–water partition coefficient (Wildman–Crippen LogP) is 3.62. The minimum absolute atomic E-state index is 0.0140. The van der Waals surface area contributed by atoms with Crippen LogP contribution in [0.5, 0.6) is 5.75 Å². The first-order chi connectivity index (χ1) is 17.0. The number of rotatable bonds is 8. The van der Waals surface area contributed by atoms with Crippen LogP contribution in [-0.2, 0) is 22.6 Å². The van der Waals surface area contributed by atoms with E-state index < -0.39 is 0 Å². The molecule has 0 aliphatic carbocycles. The highest BCUT2D eigenvalue weighted by atomic mass is 16.5. The molecule has 2 aliphatic rings. The highest BCUT2D eigenvalue weighted by Crippen LogP contribution is 2.23. The maximum Gasteiger partial charge on any atom is 0.260 e. The Morgan fingerprint density at radius 1 is 0.971 bits per heavy atom. The molecule has 188 valence electrons. The van der Waals surface area contributed by atoms with Crippen molar-refractivity contribution in [2.24, 2.45) is 0 Å². The molecule has 2 heterocycles. The maximum absolute atomic E-state index is 12.7. The number of hydrogen-bond acceptors (Lipinski definition) is 5. The highest BCUT2D eigenvalue weighted by Gasteiger charge is 2.29. The summed E-state index contributed by atoms with van der Waals surface area (Å²) < 4.78 is 11.2. The Morgan fingerprint density at radius 2 is 1.63 bits per heavy atom. The van der Waals surface area contributed by atoms with E-state index in [0.717, 1.165) is 57.7 Å². The second kappa shape index (κ2) is 12.2. The molecule has 0 bridgehead atoms. The van der Waals surface area contributed by atoms with E-state index in [0.29, 0.717) is 17.9 Å². The molecule has 0 spiro atoms. The number of piperidine rings is 1. The summed E-state index contributed by atoms with van der Waals surface area (Å²) in [4.78, 5) is 29.7. The number of morpholine rings is 1. The molecule has 0 radical (unpaired) electrons. The molecule has 4 rings (SSSR count). The van der Waals surface area contributed by atoms with Gasteiger partial charge in [-0.3, -0.25) is 14.5 Å². The number of nitrogens with one attached hydrogen (secondary N) is 1. The number of benzene rings is 2. The molecular weight excluding hydrogens is 442 g/mol. The van der Waals surface area contributed by atoms with Crippen molar-refractivity contribution in [2.45, 2.75) is 58.3 Å². The molecule has 2 aromatic carbocycles. The first-order valence-electron chi connectivity index (χ1n) is 12.7. The monoisotopic (exact) mass is 479 g/mol. The SMILES string of the molecule is CC1CCCC(C)N1C(=O)COc1ccc(C(=O)NCc2ccccc2CN2CCOCC2)cc1. The smallest absolute Gasteiger partial charge is 0.260 e. The van der Waals surface area contributed by atoms with Crippen LogP contribution in [-0.4, -0.2) is 66.6 Å². The lowest BCUT2D eigenvalue weighted by Crippen LogP contribution is -2.49. The number of ether oxygens (including phenoxy) is 2. The molecule has 35 heavy (non-hydrogen) atoms. The van der Waals surface area contributed by atoms with E-state index in [2.05, 4.69) is 36.2 Å². The Kier molecular flexibility index (Phi) is 8.77. The Labute approximate surface area is 208 Å². The third-order valence-electron chi connectivity index (χ3n) is 7.02. The first kappa shape index (κ1) is 25.2. The topological polar surface area (TPSA) is 71.1 Å². The summed E-state index contributed by atoms with van der Waals surface area (Å²) in [6.45, 7) is 8.93. The van der Waals surface area contributed by atoms with E-state index in [1.165, 1.54) is 5.56 Å². The number of likely N-dealkylation sites (tertiary alicyclic amines) is 1. The van der Waals surface area contributed by atoms with Crippen LogP contribution >= 0.6 is 0 Å². The summed E-state index contributed by atoms with van der Waals surface area (Å²) in [5, 5.41) is 3.03. The molecule has 7 nitrogen and oxygen atoms in total. The van der Waals surface area contributed by atoms with Crippen molar-refractivity contribution in [3.8, 4) is 5.75 Å². The van der Waals surface area contributed by atoms with Crippen LogP contribution in [0.3, 0.4) is 0 Å². The van der Waals surface area contributed by atoms with Crippen molar-refractivity contribution in [3.63, 3.8) is 0 Å². The Morgan fingerprint density at radius 3 is 2.31 bits per heavy atom. The van der Waals surface area contributed by atoms with Gasteiger partial charge in [0.1, 0.15) is 5.75 Å². The molecule has 0 aromatic heterocycles. The van der Waals surface area contributed by atoms with Crippen LogP contribution in [0.4, 0.5) is 0 Å². The molecule has 0 saturated carbocycles. The number of amides is 2. The standard InChI is InChI=1S/C28H37N3O4/c1-21-6-5-7-22(2)31(21)27(32)20-35-26-12-10-23(11-13-26)28(33)29-18-24-8-3-4-9-25(24)19-30-14-16-34-17-15-30/h3-4,8-13,21-22H,5-7,14-20H2,1-2H3,(H,29,33). The lowest BCUT2D eigenvalue weighted by Gasteiger charge is -2.38. The van der Waals surface area contributed by atoms with Crippen molar-refractivity contribution in [2.75, 3.05) is 32.9 Å². The van der Waals surface area contributed by atoms with Gasteiger partial charge >= 0.3 is 0 Å². The fourth-order valence-electron chi connectivity index (χ4n) is 5.00. The summed E-state index contributed by atoms with van der Waals surface area (Å²) in [6, 6.07) is 15.7. The molecule has 2 saturated heterocycles. The Bertz CT molecular complexity index is 978. The van der Waals surface area contributed by atoms with Gasteiger partial charge in [0.2, 0.25) is 0 Å². The van der Waals surface area contributed by atoms with Gasteiger partial charge in [0.05, 0.1) is 13.2 Å². The zero-order valence-corrected chi connectivity index (χ0v) is 20.9. The summed E-state index contributed by atoms with van der Waals surface area (Å²) in [7, 11) is 0. The minimum Gasteiger partial charge on any atom is -0.484 e. The lowest BCUT2D eigenvalue weighted by molar-refractivity contribution is -0.139. The third-order valence-corrected chi connectivity index (χ3v) is 7.02. The van der Waals surface area contributed by atoms with Gasteiger partial charge in [-0.1, -0.05) is 24.3 Å². The molecule has 2 amide bonds. The molecule has 2 atom stereocenters. The Balaban J connectivity index is 1.27. The minimum atomic E-state index is -0.134. The largest absolute Gasteiger partial charge is 0.484 e. The molecule has 7 heteroatoms. The van der Waals surface area contributed by atoms with Gasteiger partial charge in [-0.05, 0) is 68.5 Å². The fourth-order valence-corrected chi connectivity index (χ4v) is 5.00. The summed E-state index contributed by atoms with van der Waals surface area (Å²) in [5.41, 5.74) is 2.90. The molecule has 1 N–H and O–H groups in total. The number of carbonyl (C=O) groups is 2. The van der Waals surface area contributed by atoms with E-state index in [1.807, 2.05) is 17.0 Å². The van der Waals surface area contributed by atoms with Crippen molar-refractivity contribution in [1.82, 2.24) is 15.1 Å². The van der Waals surface area contributed by atoms with Gasteiger partial charge in [-0.15, -0.1) is 0 Å². The quantitative estimate of drug-likeness (QED) is 0.626. The van der Waals surface area contributed by atoms with E-state index >= 15 is 0 Å². The Hall–Kier alpha value is -2.90. The highest BCUT2D eigenvalue weighted by molar-refractivity contribution is 5.94. The summed E-state index contributed by atoms with van der Waals surface area (Å²) in [5.74, 6) is 0.468. The summed E-state index contributed by atoms with van der Waals surface area (Å²) >= 11 is 0. The average molecular weight is 480 g/mol. The van der Waals surface area contributed by atoms with Crippen molar-refractivity contribution in [1.29, 1.82) is 0 Å². The second-order valence-corrected chi connectivity index (χ2v) is 9.58. The van der Waals surface area contributed by atoms with Crippen molar-refractivity contribution in [3.05, 3.63) is 65.2 Å². The van der Waals surface area contributed by atoms with E-state index in [9.17, 15) is 9.59 Å². The van der Waals surface area contributed by atoms with Crippen LogP contribution in [0.25, 0.3) is 0 Å². The lowest BCUT2D eigenvalue weighted by atomic mass is 9.97. The normalized spacial score (nSPS) is 20.9. The van der Waals surface area contributed by atoms with Gasteiger partial charge in [-0.25, -0.2) is 0 Å². The van der Waals surface area contributed by atoms with Crippen LogP contribution < -0.4 is 10.1 Å². The molecule has 2 unspecified atom stereocenters. The maximum atomic E-state index is 12.7. The van der Waals surface area contributed by atoms with E-state index in [-0.39, 0.29) is 30.5 Å². The van der Waals surface area contributed by atoms with Crippen LogP contribution in [0.15, 0.2) is 48.5 Å². The number of nitrogens with zero attached hydrogens (tertiary/aromatic N) is 2. The van der Waals surface area contributed by atoms with Gasteiger partial charge < -0.3 is 19.7 Å². The number of carbonyl (C=O) groups excluding carboxylic acids is 2. The van der Waals surface area contributed by atoms with Crippen LogP contribution in [0.1, 0.15) is 54.6 Å². The van der Waals surface area contributed by atoms with E-state index in [4.69, 9.17) is 9.47 Å². The van der Waals surface area contributed by atoms with Gasteiger partial charge in [0, 0.05) is 43.8 Å². The van der Waals surface area contributed by atoms with Crippen molar-refractivity contribution < 1.29 is 19.1 Å². The molecule has 2 aliphatic heterocycles. The first-order valence-corrected chi connectivity index (χ1v) is 12.7. The average Bonchev–Trinajstić information content (AvgIpc) is 2.87. The van der Waals surface area contributed by atoms with Crippen LogP contribution in [0, 0.1) is 0 Å². The molecule has 2 aromatic rings. The van der Waals surface area contributed by atoms with E-state index in [1.54, 1.807) is 24.3 Å². The molecule has 2 fully saturated rings. The number of hydrogen-bond donors (Lipinski definition) is 1.